The molecule has 4 aromatic rings. The smallest absolute Gasteiger partial charge is 0.238 e. The van der Waals surface area contributed by atoms with Crippen LogP contribution in [0.5, 0.6) is 0 Å². The standard InChI is InChI=1S/C30H26ClN3O2S2/c1-3-27(29(36)34-30-25(17-32)26(18-37-30)21-11-7-19(2)8-12-21)38-24-6-4-5-23(16-24)33-28(35)15-20-9-13-22(31)14-10-20/h4-14,16,18,27H,3,15H2,1-2H3,(H,33,35)(H,34,36). The van der Waals surface area contributed by atoms with Crippen LogP contribution in [0.15, 0.2) is 83.1 Å². The van der Waals surface area contributed by atoms with Gasteiger partial charge < -0.3 is 10.6 Å². The SMILES string of the molecule is CCC(Sc1cccc(NC(=O)Cc2ccc(Cl)cc2)c1)C(=O)Nc1scc(-c2ccc(C)cc2)c1C#N. The van der Waals surface area contributed by atoms with Gasteiger partial charge in [0.15, 0.2) is 0 Å². The van der Waals surface area contributed by atoms with Crippen LogP contribution in [0.25, 0.3) is 11.1 Å². The van der Waals surface area contributed by atoms with E-state index < -0.39 is 0 Å². The van der Waals surface area contributed by atoms with Crippen LogP contribution in [0.4, 0.5) is 10.7 Å². The Labute approximate surface area is 235 Å². The molecule has 0 aliphatic rings. The third kappa shape index (κ3) is 7.05. The summed E-state index contributed by atoms with van der Waals surface area (Å²) in [5, 5.41) is 18.4. The van der Waals surface area contributed by atoms with Crippen molar-refractivity contribution >= 4 is 57.2 Å². The van der Waals surface area contributed by atoms with E-state index in [1.165, 1.54) is 23.1 Å². The molecule has 0 bridgehead atoms. The highest BCUT2D eigenvalue weighted by atomic mass is 35.5. The number of carbonyl (C=O) groups excluding carboxylic acids is 2. The lowest BCUT2D eigenvalue weighted by Gasteiger charge is -2.15. The van der Waals surface area contributed by atoms with E-state index in [0.717, 1.165) is 27.1 Å². The van der Waals surface area contributed by atoms with Gasteiger partial charge in [0.1, 0.15) is 11.1 Å². The number of nitrogens with zero attached hydrogens (tertiary/aromatic N) is 1. The van der Waals surface area contributed by atoms with Crippen molar-refractivity contribution in [3.05, 3.63) is 99.9 Å². The van der Waals surface area contributed by atoms with E-state index >= 15 is 0 Å². The third-order valence-electron chi connectivity index (χ3n) is 5.84. The lowest BCUT2D eigenvalue weighted by Crippen LogP contribution is -2.24. The molecule has 1 aromatic heterocycles. The zero-order valence-corrected chi connectivity index (χ0v) is 23.3. The molecule has 0 spiro atoms. The first kappa shape index (κ1) is 27.5. The molecule has 0 saturated carbocycles. The van der Waals surface area contributed by atoms with E-state index in [2.05, 4.69) is 16.7 Å². The summed E-state index contributed by atoms with van der Waals surface area (Å²) in [6.07, 6.45) is 0.836. The Morgan fingerprint density at radius 3 is 2.47 bits per heavy atom. The average Bonchev–Trinajstić information content (AvgIpc) is 3.31. The molecule has 38 heavy (non-hydrogen) atoms. The second kappa shape index (κ2) is 12.8. The number of nitriles is 1. The van der Waals surface area contributed by atoms with E-state index in [-0.39, 0.29) is 23.5 Å². The maximum absolute atomic E-state index is 13.2. The van der Waals surface area contributed by atoms with E-state index in [9.17, 15) is 14.9 Å². The second-order valence-corrected chi connectivity index (χ2v) is 11.3. The number of benzene rings is 3. The van der Waals surface area contributed by atoms with Crippen molar-refractivity contribution in [1.82, 2.24) is 0 Å². The van der Waals surface area contributed by atoms with Crippen molar-refractivity contribution < 1.29 is 9.59 Å². The zero-order valence-electron chi connectivity index (χ0n) is 21.0. The van der Waals surface area contributed by atoms with Crippen molar-refractivity contribution in [3.63, 3.8) is 0 Å². The van der Waals surface area contributed by atoms with Crippen LogP contribution >= 0.6 is 34.7 Å². The topological polar surface area (TPSA) is 82.0 Å². The quantitative estimate of drug-likeness (QED) is 0.204. The van der Waals surface area contributed by atoms with Crippen LogP contribution in [0.3, 0.4) is 0 Å². The van der Waals surface area contributed by atoms with Crippen LogP contribution < -0.4 is 10.6 Å². The Kier molecular flexibility index (Phi) is 9.24. The van der Waals surface area contributed by atoms with Gasteiger partial charge in [-0.05, 0) is 54.8 Å². The number of thiophene rings is 1. The molecule has 192 valence electrons. The van der Waals surface area contributed by atoms with Gasteiger partial charge in [-0.15, -0.1) is 23.1 Å². The highest BCUT2D eigenvalue weighted by Gasteiger charge is 2.22. The fraction of sp³-hybridized carbons (Fsp3) is 0.167. The minimum Gasteiger partial charge on any atom is -0.326 e. The van der Waals surface area contributed by atoms with Gasteiger partial charge in [0.2, 0.25) is 11.8 Å². The number of carbonyl (C=O) groups is 2. The monoisotopic (exact) mass is 559 g/mol. The number of aryl methyl sites for hydroxylation is 1. The highest BCUT2D eigenvalue weighted by Crippen LogP contribution is 2.36. The van der Waals surface area contributed by atoms with Crippen LogP contribution in [0.1, 0.15) is 30.0 Å². The van der Waals surface area contributed by atoms with Crippen molar-refractivity contribution in [2.24, 2.45) is 0 Å². The first-order valence-corrected chi connectivity index (χ1v) is 14.2. The Hall–Kier alpha value is -3.57. The number of halogens is 1. The molecule has 1 unspecified atom stereocenters. The molecule has 5 nitrogen and oxygen atoms in total. The number of hydrogen-bond donors (Lipinski definition) is 2. The predicted molar refractivity (Wildman–Crippen MR) is 158 cm³/mol. The third-order valence-corrected chi connectivity index (χ3v) is 8.34. The molecule has 3 aromatic carbocycles. The Bertz CT molecular complexity index is 1470. The number of hydrogen-bond acceptors (Lipinski definition) is 5. The molecule has 2 N–H and O–H groups in total. The summed E-state index contributed by atoms with van der Waals surface area (Å²) in [7, 11) is 0. The van der Waals surface area contributed by atoms with E-state index in [0.29, 0.717) is 27.7 Å². The van der Waals surface area contributed by atoms with Gasteiger partial charge in [-0.25, -0.2) is 0 Å². The van der Waals surface area contributed by atoms with E-state index in [1.807, 2.05) is 79.9 Å². The van der Waals surface area contributed by atoms with Crippen molar-refractivity contribution in [2.45, 2.75) is 36.8 Å². The normalized spacial score (nSPS) is 11.4. The average molecular weight is 560 g/mol. The van der Waals surface area contributed by atoms with Gasteiger partial charge in [-0.2, -0.15) is 5.26 Å². The highest BCUT2D eigenvalue weighted by molar-refractivity contribution is 8.00. The van der Waals surface area contributed by atoms with Gasteiger partial charge in [-0.3, -0.25) is 9.59 Å². The number of thioether (sulfide) groups is 1. The maximum atomic E-state index is 13.2. The lowest BCUT2D eigenvalue weighted by atomic mass is 10.0. The Balaban J connectivity index is 1.41. The minimum absolute atomic E-state index is 0.134. The summed E-state index contributed by atoms with van der Waals surface area (Å²) in [5.74, 6) is -0.297. The van der Waals surface area contributed by atoms with Crippen LogP contribution in [-0.2, 0) is 16.0 Å². The summed E-state index contributed by atoms with van der Waals surface area (Å²) < 4.78 is 0. The molecular formula is C30H26ClN3O2S2. The summed E-state index contributed by atoms with van der Waals surface area (Å²) in [6.45, 7) is 3.97. The molecule has 0 aliphatic heterocycles. The molecule has 1 heterocycles. The lowest BCUT2D eigenvalue weighted by molar-refractivity contribution is -0.116. The van der Waals surface area contributed by atoms with Gasteiger partial charge >= 0.3 is 0 Å². The second-order valence-electron chi connectivity index (χ2n) is 8.71. The molecule has 1 atom stereocenters. The van der Waals surface area contributed by atoms with Crippen LogP contribution in [0.2, 0.25) is 5.02 Å². The van der Waals surface area contributed by atoms with Gasteiger partial charge in [-0.1, -0.05) is 66.6 Å². The largest absolute Gasteiger partial charge is 0.326 e. The van der Waals surface area contributed by atoms with Gasteiger partial charge in [0.05, 0.1) is 17.2 Å². The molecule has 8 heteroatoms. The zero-order chi connectivity index (χ0) is 27.1. The number of anilines is 2. The first-order chi connectivity index (χ1) is 18.4. The van der Waals surface area contributed by atoms with Crippen LogP contribution in [-0.4, -0.2) is 17.1 Å². The summed E-state index contributed by atoms with van der Waals surface area (Å²) in [6, 6.07) is 24.9. The minimum atomic E-state index is -0.369. The number of rotatable bonds is 9. The first-order valence-electron chi connectivity index (χ1n) is 12.1. The molecule has 4 rings (SSSR count). The number of amides is 2. The van der Waals surface area contributed by atoms with E-state index in [1.54, 1.807) is 12.1 Å². The summed E-state index contributed by atoms with van der Waals surface area (Å²) >= 11 is 8.70. The molecular weight excluding hydrogens is 534 g/mol. The summed E-state index contributed by atoms with van der Waals surface area (Å²) in [5.41, 5.74) is 4.91. The van der Waals surface area contributed by atoms with Gasteiger partial charge in [0.25, 0.3) is 0 Å². The Morgan fingerprint density at radius 1 is 1.05 bits per heavy atom. The fourth-order valence-electron chi connectivity index (χ4n) is 3.83. The predicted octanol–water partition coefficient (Wildman–Crippen LogP) is 7.94. The van der Waals surface area contributed by atoms with E-state index in [4.69, 9.17) is 11.6 Å². The van der Waals surface area contributed by atoms with Crippen LogP contribution in [0, 0.1) is 18.3 Å². The van der Waals surface area contributed by atoms with Gasteiger partial charge in [0, 0.05) is 26.5 Å². The molecule has 0 radical (unpaired) electrons. The molecule has 2 amide bonds. The summed E-state index contributed by atoms with van der Waals surface area (Å²) in [4.78, 5) is 26.6. The number of nitrogens with one attached hydrogen (secondary N) is 2. The fourth-order valence-corrected chi connectivity index (χ4v) is 5.89. The van der Waals surface area contributed by atoms with Crippen molar-refractivity contribution in [2.75, 3.05) is 10.6 Å². The molecule has 0 saturated heterocycles. The molecule has 0 aliphatic carbocycles. The van der Waals surface area contributed by atoms with Crippen molar-refractivity contribution in [1.29, 1.82) is 5.26 Å². The maximum Gasteiger partial charge on any atom is 0.238 e. The Morgan fingerprint density at radius 2 is 1.79 bits per heavy atom. The molecule has 0 fully saturated rings. The van der Waals surface area contributed by atoms with Crippen molar-refractivity contribution in [3.8, 4) is 17.2 Å².